The number of rotatable bonds is 8. The fraction of sp³-hybridized carbons (Fsp3) is 0.250. The summed E-state index contributed by atoms with van der Waals surface area (Å²) in [7, 11) is 0. The lowest BCUT2D eigenvalue weighted by atomic mass is 10.3. The van der Waals surface area contributed by atoms with Gasteiger partial charge in [-0.25, -0.2) is 4.98 Å². The van der Waals surface area contributed by atoms with Crippen LogP contribution in [0.4, 0.5) is 5.13 Å². The van der Waals surface area contributed by atoms with Crippen molar-refractivity contribution < 1.29 is 9.53 Å². The number of ether oxygens (including phenoxy) is 1. The van der Waals surface area contributed by atoms with E-state index in [1.54, 1.807) is 29.8 Å². The number of carbonyl (C=O) groups is 1. The summed E-state index contributed by atoms with van der Waals surface area (Å²) in [5, 5.41) is 15.1. The third-order valence-electron chi connectivity index (χ3n) is 3.37. The van der Waals surface area contributed by atoms with E-state index in [9.17, 15) is 4.79 Å². The first-order valence-corrected chi connectivity index (χ1v) is 10.5. The molecule has 0 bridgehead atoms. The highest BCUT2D eigenvalue weighted by Gasteiger charge is 2.15. The number of hydrogen-bond acceptors (Lipinski definition) is 7. The van der Waals surface area contributed by atoms with Gasteiger partial charge in [0.1, 0.15) is 12.4 Å². The zero-order valence-corrected chi connectivity index (χ0v) is 17.3. The standard InChI is InChI=1S/C16H15Cl2N5O2S2/c1-2-23-13(8-25-12-7-10(17)3-4-11(12)18)21-22-16(23)27-9-14(24)20-15-19-5-6-26-15/h3-7H,2,8-9H2,1H3,(H,19,20,24). The van der Waals surface area contributed by atoms with Crippen LogP contribution in [-0.2, 0) is 17.9 Å². The molecule has 0 aliphatic carbocycles. The van der Waals surface area contributed by atoms with Gasteiger partial charge < -0.3 is 14.6 Å². The zero-order valence-electron chi connectivity index (χ0n) is 14.2. The van der Waals surface area contributed by atoms with Gasteiger partial charge >= 0.3 is 0 Å². The van der Waals surface area contributed by atoms with Crippen molar-refractivity contribution in [2.24, 2.45) is 0 Å². The topological polar surface area (TPSA) is 81.9 Å². The molecule has 3 aromatic rings. The molecule has 142 valence electrons. The van der Waals surface area contributed by atoms with Gasteiger partial charge in [-0.1, -0.05) is 35.0 Å². The Labute approximate surface area is 174 Å². The summed E-state index contributed by atoms with van der Waals surface area (Å²) in [4.78, 5) is 16.0. The Kier molecular flexibility index (Phi) is 6.95. The monoisotopic (exact) mass is 443 g/mol. The van der Waals surface area contributed by atoms with Crippen LogP contribution in [0.2, 0.25) is 10.0 Å². The van der Waals surface area contributed by atoms with Gasteiger partial charge in [-0.3, -0.25) is 4.79 Å². The van der Waals surface area contributed by atoms with Crippen molar-refractivity contribution in [2.75, 3.05) is 11.1 Å². The Morgan fingerprint density at radius 3 is 2.96 bits per heavy atom. The molecule has 2 aromatic heterocycles. The van der Waals surface area contributed by atoms with E-state index in [0.29, 0.717) is 38.5 Å². The van der Waals surface area contributed by atoms with Crippen molar-refractivity contribution in [2.45, 2.75) is 25.2 Å². The van der Waals surface area contributed by atoms with Crippen molar-refractivity contribution in [3.63, 3.8) is 0 Å². The van der Waals surface area contributed by atoms with Gasteiger partial charge in [0.05, 0.1) is 10.8 Å². The van der Waals surface area contributed by atoms with Gasteiger partial charge in [0.2, 0.25) is 5.91 Å². The zero-order chi connectivity index (χ0) is 19.2. The SMILES string of the molecule is CCn1c(COc2cc(Cl)ccc2Cl)nnc1SCC(=O)Nc1nccs1. The lowest BCUT2D eigenvalue weighted by Crippen LogP contribution is -2.14. The summed E-state index contributed by atoms with van der Waals surface area (Å²) in [6, 6.07) is 5.01. The summed E-state index contributed by atoms with van der Waals surface area (Å²) >= 11 is 14.7. The summed E-state index contributed by atoms with van der Waals surface area (Å²) in [6.45, 7) is 2.80. The molecule has 1 N–H and O–H groups in total. The molecule has 0 aliphatic heterocycles. The van der Waals surface area contributed by atoms with Crippen molar-refractivity contribution in [1.82, 2.24) is 19.7 Å². The van der Waals surface area contributed by atoms with E-state index in [1.807, 2.05) is 11.5 Å². The maximum Gasteiger partial charge on any atom is 0.236 e. The molecule has 0 radical (unpaired) electrons. The molecule has 11 heteroatoms. The number of anilines is 1. The molecule has 27 heavy (non-hydrogen) atoms. The van der Waals surface area contributed by atoms with Gasteiger partial charge in [-0.2, -0.15) is 0 Å². The van der Waals surface area contributed by atoms with Crippen LogP contribution >= 0.6 is 46.3 Å². The van der Waals surface area contributed by atoms with Crippen molar-refractivity contribution in [3.05, 3.63) is 45.6 Å². The first kappa shape index (κ1) is 19.9. The molecule has 0 saturated carbocycles. The van der Waals surface area contributed by atoms with Gasteiger partial charge in [0.15, 0.2) is 16.1 Å². The van der Waals surface area contributed by atoms with Gasteiger partial charge in [-0.05, 0) is 19.1 Å². The van der Waals surface area contributed by atoms with Gasteiger partial charge in [0.25, 0.3) is 0 Å². The molecule has 0 saturated heterocycles. The normalized spacial score (nSPS) is 10.8. The molecular weight excluding hydrogens is 429 g/mol. The Bertz CT molecular complexity index is 918. The highest BCUT2D eigenvalue weighted by molar-refractivity contribution is 7.99. The van der Waals surface area contributed by atoms with Crippen LogP contribution in [0.3, 0.4) is 0 Å². The van der Waals surface area contributed by atoms with Crippen molar-refractivity contribution in [3.8, 4) is 5.75 Å². The van der Waals surface area contributed by atoms with Crippen molar-refractivity contribution in [1.29, 1.82) is 0 Å². The maximum absolute atomic E-state index is 12.0. The number of hydrogen-bond donors (Lipinski definition) is 1. The molecule has 0 aliphatic rings. The average Bonchev–Trinajstić information content (AvgIpc) is 3.30. The number of thioether (sulfide) groups is 1. The summed E-state index contributed by atoms with van der Waals surface area (Å²) in [6.07, 6.45) is 1.64. The molecule has 7 nitrogen and oxygen atoms in total. The maximum atomic E-state index is 12.0. The molecule has 1 aromatic carbocycles. The van der Waals surface area contributed by atoms with Crippen LogP contribution in [-0.4, -0.2) is 31.4 Å². The minimum atomic E-state index is -0.149. The first-order chi connectivity index (χ1) is 13.1. The van der Waals surface area contributed by atoms with E-state index in [0.717, 1.165) is 0 Å². The van der Waals surface area contributed by atoms with E-state index < -0.39 is 0 Å². The Morgan fingerprint density at radius 1 is 1.37 bits per heavy atom. The molecule has 0 fully saturated rings. The second-order valence-electron chi connectivity index (χ2n) is 5.18. The van der Waals surface area contributed by atoms with E-state index in [-0.39, 0.29) is 18.3 Å². The number of carbonyl (C=O) groups excluding carboxylic acids is 1. The number of thiazole rings is 1. The summed E-state index contributed by atoms with van der Waals surface area (Å²) in [5.74, 6) is 1.17. The molecule has 0 atom stereocenters. The average molecular weight is 444 g/mol. The smallest absolute Gasteiger partial charge is 0.236 e. The van der Waals surface area contributed by atoms with Crippen LogP contribution in [0.5, 0.6) is 5.75 Å². The lowest BCUT2D eigenvalue weighted by Gasteiger charge is -2.10. The third-order valence-corrected chi connectivity index (χ3v) is 5.57. The second kappa shape index (κ2) is 9.41. The van der Waals surface area contributed by atoms with Crippen LogP contribution in [0.25, 0.3) is 0 Å². The van der Waals surface area contributed by atoms with Crippen LogP contribution in [0.1, 0.15) is 12.7 Å². The number of benzene rings is 1. The van der Waals surface area contributed by atoms with Crippen LogP contribution in [0, 0.1) is 0 Å². The minimum Gasteiger partial charge on any atom is -0.484 e. The Morgan fingerprint density at radius 2 is 2.22 bits per heavy atom. The fourth-order valence-corrected chi connectivity index (χ4v) is 3.85. The molecule has 2 heterocycles. The number of amides is 1. The number of nitrogens with zero attached hydrogens (tertiary/aromatic N) is 4. The highest BCUT2D eigenvalue weighted by atomic mass is 35.5. The molecular formula is C16H15Cl2N5O2S2. The third kappa shape index (κ3) is 5.35. The Hall–Kier alpha value is -1.81. The number of nitrogens with one attached hydrogen (secondary N) is 1. The predicted molar refractivity (Wildman–Crippen MR) is 108 cm³/mol. The largest absolute Gasteiger partial charge is 0.484 e. The van der Waals surface area contributed by atoms with E-state index in [2.05, 4.69) is 20.5 Å². The van der Waals surface area contributed by atoms with E-state index in [4.69, 9.17) is 27.9 Å². The predicted octanol–water partition coefficient (Wildman–Crippen LogP) is 4.37. The second-order valence-corrected chi connectivity index (χ2v) is 7.86. The lowest BCUT2D eigenvalue weighted by molar-refractivity contribution is -0.113. The van der Waals surface area contributed by atoms with Crippen LogP contribution in [0.15, 0.2) is 34.9 Å². The van der Waals surface area contributed by atoms with Crippen LogP contribution < -0.4 is 10.1 Å². The summed E-state index contributed by atoms with van der Waals surface area (Å²) < 4.78 is 7.61. The first-order valence-electron chi connectivity index (χ1n) is 7.89. The minimum absolute atomic E-state index is 0.149. The van der Waals surface area contributed by atoms with E-state index in [1.165, 1.54) is 23.1 Å². The van der Waals surface area contributed by atoms with E-state index >= 15 is 0 Å². The van der Waals surface area contributed by atoms with Crippen molar-refractivity contribution >= 4 is 57.3 Å². The molecule has 3 rings (SSSR count). The number of halogens is 2. The quantitative estimate of drug-likeness (QED) is 0.520. The number of aromatic nitrogens is 4. The fourth-order valence-electron chi connectivity index (χ4n) is 2.15. The molecule has 1 amide bonds. The molecule has 0 spiro atoms. The van der Waals surface area contributed by atoms with Gasteiger partial charge in [-0.15, -0.1) is 21.5 Å². The summed E-state index contributed by atoms with van der Waals surface area (Å²) in [5.41, 5.74) is 0. The Balaban J connectivity index is 1.60. The highest BCUT2D eigenvalue weighted by Crippen LogP contribution is 2.28. The molecule has 0 unspecified atom stereocenters. The van der Waals surface area contributed by atoms with Gasteiger partial charge in [0, 0.05) is 29.2 Å².